The average Bonchev–Trinajstić information content (AvgIpc) is 3.04. The van der Waals surface area contributed by atoms with E-state index in [4.69, 9.17) is 14.2 Å². The highest BCUT2D eigenvalue weighted by Gasteiger charge is 2.24. The van der Waals surface area contributed by atoms with Crippen LogP contribution in [-0.2, 0) is 19.1 Å². The topological polar surface area (TPSA) is 103 Å². The molecule has 1 heterocycles. The van der Waals surface area contributed by atoms with Crippen LogP contribution in [0, 0.1) is 3.57 Å². The van der Waals surface area contributed by atoms with Crippen LogP contribution < -0.4 is 14.8 Å². The summed E-state index contributed by atoms with van der Waals surface area (Å²) in [6.45, 7) is 2.72. The van der Waals surface area contributed by atoms with Gasteiger partial charge in [0.15, 0.2) is 17.2 Å². The zero-order valence-corrected chi connectivity index (χ0v) is 18.5. The third-order valence-corrected chi connectivity index (χ3v) is 4.67. The highest BCUT2D eigenvalue weighted by Crippen LogP contribution is 2.35. The number of rotatable bonds is 5. The number of nitrogens with zero attached hydrogens (tertiary/aromatic N) is 1. The van der Waals surface area contributed by atoms with Crippen molar-refractivity contribution in [3.05, 3.63) is 56.8 Å². The minimum Gasteiger partial charge on any atom is -0.493 e. The number of ether oxygens (including phenoxy) is 3. The molecule has 1 amide bonds. The van der Waals surface area contributed by atoms with E-state index >= 15 is 0 Å². The molecule has 1 N–H and O–H groups in total. The molecule has 8 nitrogen and oxygen atoms in total. The van der Waals surface area contributed by atoms with Gasteiger partial charge in [-0.25, -0.2) is 9.79 Å². The summed E-state index contributed by atoms with van der Waals surface area (Å²) in [5.41, 5.74) is 1.97. The molecule has 1 aliphatic heterocycles. The molecular weight excluding hydrogens is 503 g/mol. The molecule has 0 saturated heterocycles. The maximum Gasteiger partial charge on any atom is 0.363 e. The predicted octanol–water partition coefficient (Wildman–Crippen LogP) is 3.53. The van der Waals surface area contributed by atoms with Gasteiger partial charge in [-0.05, 0) is 70.6 Å². The van der Waals surface area contributed by atoms with Crippen molar-refractivity contribution >= 4 is 58.1 Å². The Labute approximate surface area is 186 Å². The summed E-state index contributed by atoms with van der Waals surface area (Å²) in [7, 11) is 1.46. The van der Waals surface area contributed by atoms with Gasteiger partial charge in [0.25, 0.3) is 0 Å². The lowest BCUT2D eigenvalue weighted by Crippen LogP contribution is -2.07. The number of hydrogen-bond donors (Lipinski definition) is 1. The number of amides is 1. The Morgan fingerprint density at radius 2 is 1.87 bits per heavy atom. The molecule has 0 spiro atoms. The molecule has 0 aromatic heterocycles. The Balaban J connectivity index is 1.89. The fourth-order valence-corrected chi connectivity index (χ4v) is 3.39. The summed E-state index contributed by atoms with van der Waals surface area (Å²) >= 11 is 2.02. The molecule has 0 bridgehead atoms. The summed E-state index contributed by atoms with van der Waals surface area (Å²) in [6.07, 6.45) is 1.56. The SMILES string of the molecule is COc1cc(C=C2N=C(c3ccc(NC(C)=O)cc3)OC2=O)cc(I)c1OC(C)=O. The summed E-state index contributed by atoms with van der Waals surface area (Å²) in [5.74, 6) is -0.399. The molecule has 0 fully saturated rings. The van der Waals surface area contributed by atoms with Gasteiger partial charge >= 0.3 is 11.9 Å². The first-order valence-electron chi connectivity index (χ1n) is 8.73. The molecule has 0 atom stereocenters. The monoisotopic (exact) mass is 520 g/mol. The highest BCUT2D eigenvalue weighted by atomic mass is 127. The summed E-state index contributed by atoms with van der Waals surface area (Å²) < 4.78 is 16.4. The van der Waals surface area contributed by atoms with Crippen molar-refractivity contribution in [1.82, 2.24) is 0 Å². The van der Waals surface area contributed by atoms with E-state index in [0.29, 0.717) is 31.9 Å². The fraction of sp³-hybridized carbons (Fsp3) is 0.143. The summed E-state index contributed by atoms with van der Waals surface area (Å²) in [4.78, 5) is 38.9. The lowest BCUT2D eigenvalue weighted by atomic mass is 10.1. The normalized spacial score (nSPS) is 14.2. The number of anilines is 1. The van der Waals surface area contributed by atoms with Crippen molar-refractivity contribution in [2.45, 2.75) is 13.8 Å². The van der Waals surface area contributed by atoms with Crippen molar-refractivity contribution in [3.8, 4) is 11.5 Å². The Bertz CT molecular complexity index is 1090. The minimum absolute atomic E-state index is 0.119. The zero-order valence-electron chi connectivity index (χ0n) is 16.3. The van der Waals surface area contributed by atoms with Crippen LogP contribution in [0.1, 0.15) is 25.0 Å². The number of aliphatic imine (C=N–C) groups is 1. The van der Waals surface area contributed by atoms with Gasteiger partial charge in [-0.2, -0.15) is 0 Å². The highest BCUT2D eigenvalue weighted by molar-refractivity contribution is 14.1. The molecule has 2 aromatic carbocycles. The summed E-state index contributed by atoms with van der Waals surface area (Å²) in [6, 6.07) is 10.1. The van der Waals surface area contributed by atoms with Crippen LogP contribution in [0.25, 0.3) is 6.08 Å². The minimum atomic E-state index is -0.589. The molecular formula is C21H17IN2O6. The van der Waals surface area contributed by atoms with E-state index in [1.165, 1.54) is 21.0 Å². The van der Waals surface area contributed by atoms with Gasteiger partial charge in [-0.15, -0.1) is 0 Å². The first kappa shape index (κ1) is 21.5. The fourth-order valence-electron chi connectivity index (χ4n) is 2.66. The van der Waals surface area contributed by atoms with E-state index in [0.717, 1.165) is 0 Å². The zero-order chi connectivity index (χ0) is 21.8. The van der Waals surface area contributed by atoms with Crippen molar-refractivity contribution < 1.29 is 28.6 Å². The molecule has 0 aliphatic carbocycles. The molecule has 0 unspecified atom stereocenters. The van der Waals surface area contributed by atoms with Crippen molar-refractivity contribution in [1.29, 1.82) is 0 Å². The second-order valence-corrected chi connectivity index (χ2v) is 7.38. The van der Waals surface area contributed by atoms with Crippen molar-refractivity contribution in [2.75, 3.05) is 12.4 Å². The average molecular weight is 520 g/mol. The molecule has 154 valence electrons. The van der Waals surface area contributed by atoms with Gasteiger partial charge in [0.2, 0.25) is 11.8 Å². The molecule has 0 radical (unpaired) electrons. The van der Waals surface area contributed by atoms with Gasteiger partial charge in [0, 0.05) is 25.1 Å². The van der Waals surface area contributed by atoms with Crippen LogP contribution in [0.3, 0.4) is 0 Å². The molecule has 30 heavy (non-hydrogen) atoms. The molecule has 0 saturated carbocycles. The predicted molar refractivity (Wildman–Crippen MR) is 118 cm³/mol. The number of methoxy groups -OCH3 is 1. The van der Waals surface area contributed by atoms with Crippen LogP contribution in [0.5, 0.6) is 11.5 Å². The number of carbonyl (C=O) groups excluding carboxylic acids is 3. The lowest BCUT2D eigenvalue weighted by Gasteiger charge is -2.11. The van der Waals surface area contributed by atoms with E-state index < -0.39 is 11.9 Å². The first-order chi connectivity index (χ1) is 14.3. The molecule has 9 heteroatoms. The second kappa shape index (κ2) is 9.08. The van der Waals surface area contributed by atoms with Gasteiger partial charge in [0.1, 0.15) is 0 Å². The van der Waals surface area contributed by atoms with E-state index in [2.05, 4.69) is 10.3 Å². The van der Waals surface area contributed by atoms with Crippen molar-refractivity contribution in [2.24, 2.45) is 4.99 Å². The number of benzene rings is 2. The van der Waals surface area contributed by atoms with Crippen LogP contribution in [0.15, 0.2) is 47.1 Å². The Kier molecular flexibility index (Phi) is 6.50. The summed E-state index contributed by atoms with van der Waals surface area (Å²) in [5, 5.41) is 2.66. The van der Waals surface area contributed by atoms with Crippen molar-refractivity contribution in [3.63, 3.8) is 0 Å². The number of cyclic esters (lactones) is 1. The van der Waals surface area contributed by atoms with Gasteiger partial charge in [-0.3, -0.25) is 9.59 Å². The number of carbonyl (C=O) groups is 3. The Hall–Kier alpha value is -3.21. The molecule has 3 rings (SSSR count). The van der Waals surface area contributed by atoms with Crippen LogP contribution in [0.4, 0.5) is 5.69 Å². The van der Waals surface area contributed by atoms with Gasteiger partial charge < -0.3 is 19.5 Å². The number of hydrogen-bond acceptors (Lipinski definition) is 7. The largest absolute Gasteiger partial charge is 0.493 e. The Morgan fingerprint density at radius 3 is 2.47 bits per heavy atom. The second-order valence-electron chi connectivity index (χ2n) is 6.22. The molecule has 2 aromatic rings. The number of esters is 2. The molecule has 1 aliphatic rings. The van der Waals surface area contributed by atoms with Crippen LogP contribution >= 0.6 is 22.6 Å². The lowest BCUT2D eigenvalue weighted by molar-refractivity contribution is -0.132. The maximum absolute atomic E-state index is 12.3. The quantitative estimate of drug-likeness (QED) is 0.280. The van der Waals surface area contributed by atoms with Gasteiger partial charge in [-0.1, -0.05) is 0 Å². The third kappa shape index (κ3) is 5.03. The van der Waals surface area contributed by atoms with E-state index in [-0.39, 0.29) is 17.5 Å². The van der Waals surface area contributed by atoms with Gasteiger partial charge in [0.05, 0.1) is 10.7 Å². The van der Waals surface area contributed by atoms with E-state index in [1.54, 1.807) is 42.5 Å². The standard InChI is InChI=1S/C21H17IN2O6/c1-11(25)23-15-6-4-14(5-7-15)20-24-17(21(27)30-20)9-13-8-16(22)19(29-12(2)26)18(10-13)28-3/h4-10H,1-3H3,(H,23,25). The number of nitrogens with one attached hydrogen (secondary N) is 1. The van der Waals surface area contributed by atoms with Crippen LogP contribution in [-0.4, -0.2) is 30.9 Å². The first-order valence-corrected chi connectivity index (χ1v) is 9.81. The Morgan fingerprint density at radius 1 is 1.17 bits per heavy atom. The van der Waals surface area contributed by atoms with E-state index in [9.17, 15) is 14.4 Å². The smallest absolute Gasteiger partial charge is 0.363 e. The maximum atomic E-state index is 12.3. The van der Waals surface area contributed by atoms with E-state index in [1.807, 2.05) is 22.6 Å². The third-order valence-electron chi connectivity index (χ3n) is 3.87. The number of halogens is 1. The van der Waals surface area contributed by atoms with Crippen LogP contribution in [0.2, 0.25) is 0 Å².